The minimum absolute atomic E-state index is 0.0524. The average Bonchev–Trinajstić information content (AvgIpc) is 2.90. The number of benzene rings is 3. The molecule has 208 valence electrons. The summed E-state index contributed by atoms with van der Waals surface area (Å²) in [6, 6.07) is 19.6. The van der Waals surface area contributed by atoms with Crippen molar-refractivity contribution in [2.24, 2.45) is 0 Å². The van der Waals surface area contributed by atoms with Crippen molar-refractivity contribution < 1.29 is 26.8 Å². The average molecular weight is 558 g/mol. The first-order chi connectivity index (χ1) is 18.6. The van der Waals surface area contributed by atoms with Crippen LogP contribution in [0.25, 0.3) is 0 Å². The predicted molar refractivity (Wildman–Crippen MR) is 147 cm³/mol. The minimum Gasteiger partial charge on any atom is -0.355 e. The van der Waals surface area contributed by atoms with Gasteiger partial charge in [-0.3, -0.25) is 13.9 Å². The molecule has 0 saturated carbocycles. The zero-order valence-corrected chi connectivity index (χ0v) is 22.8. The molecule has 0 bridgehead atoms. The van der Waals surface area contributed by atoms with E-state index in [1.165, 1.54) is 41.3 Å². The van der Waals surface area contributed by atoms with Crippen LogP contribution < -0.4 is 9.62 Å². The van der Waals surface area contributed by atoms with E-state index in [0.29, 0.717) is 12.1 Å². The molecule has 39 heavy (non-hydrogen) atoms. The summed E-state index contributed by atoms with van der Waals surface area (Å²) in [4.78, 5) is 28.2. The highest BCUT2D eigenvalue weighted by Gasteiger charge is 2.30. The zero-order valence-electron chi connectivity index (χ0n) is 22.0. The van der Waals surface area contributed by atoms with E-state index < -0.39 is 27.7 Å². The molecule has 3 aromatic carbocycles. The molecule has 0 aromatic heterocycles. The van der Waals surface area contributed by atoms with E-state index in [4.69, 9.17) is 0 Å². The number of sulfonamides is 1. The van der Waals surface area contributed by atoms with Crippen LogP contribution >= 0.6 is 0 Å². The van der Waals surface area contributed by atoms with Gasteiger partial charge in [-0.25, -0.2) is 17.2 Å². The number of carbonyl (C=O) groups is 2. The molecule has 0 radical (unpaired) electrons. The van der Waals surface area contributed by atoms with Crippen molar-refractivity contribution in [1.29, 1.82) is 0 Å². The number of halogens is 2. The maximum absolute atomic E-state index is 14.4. The Hall–Kier alpha value is -3.79. The summed E-state index contributed by atoms with van der Waals surface area (Å²) in [5.41, 5.74) is 1.39. The van der Waals surface area contributed by atoms with Crippen molar-refractivity contribution in [3.63, 3.8) is 0 Å². The molecule has 0 aliphatic carbocycles. The van der Waals surface area contributed by atoms with Gasteiger partial charge >= 0.3 is 0 Å². The van der Waals surface area contributed by atoms with E-state index >= 15 is 0 Å². The Labute approximate surface area is 228 Å². The number of nitrogens with zero attached hydrogens (tertiary/aromatic N) is 2. The first kappa shape index (κ1) is 29.8. The van der Waals surface area contributed by atoms with Gasteiger partial charge in [-0.1, -0.05) is 54.6 Å². The van der Waals surface area contributed by atoms with E-state index in [1.54, 1.807) is 19.1 Å². The quantitative estimate of drug-likeness (QED) is 0.340. The Kier molecular flexibility index (Phi) is 10.6. The fraction of sp³-hybridized carbons (Fsp3) is 0.310. The summed E-state index contributed by atoms with van der Waals surface area (Å²) in [5.74, 6) is -1.82. The van der Waals surface area contributed by atoms with Gasteiger partial charge in [-0.15, -0.1) is 0 Å². The van der Waals surface area contributed by atoms with Gasteiger partial charge in [0.1, 0.15) is 17.7 Å². The summed E-state index contributed by atoms with van der Waals surface area (Å²) in [6.07, 6.45) is 1.23. The number of anilines is 1. The Morgan fingerprint density at radius 3 is 2.15 bits per heavy atom. The van der Waals surface area contributed by atoms with Crippen LogP contribution in [0.15, 0.2) is 78.9 Å². The molecule has 3 aromatic rings. The van der Waals surface area contributed by atoms with Gasteiger partial charge in [0, 0.05) is 32.5 Å². The molecule has 0 saturated heterocycles. The normalized spacial score (nSPS) is 12.0. The van der Waals surface area contributed by atoms with Gasteiger partial charge in [0.25, 0.3) is 0 Å². The molecule has 10 heteroatoms. The molecule has 0 fully saturated rings. The molecule has 3 rings (SSSR count). The number of likely N-dealkylation sites (N-methyl/N-ethyl adjacent to an activating group) is 1. The summed E-state index contributed by atoms with van der Waals surface area (Å²) in [5, 5.41) is 2.80. The maximum Gasteiger partial charge on any atom is 0.243 e. The van der Waals surface area contributed by atoms with E-state index in [0.717, 1.165) is 16.1 Å². The van der Waals surface area contributed by atoms with Gasteiger partial charge in [-0.2, -0.15) is 0 Å². The number of rotatable bonds is 13. The topological polar surface area (TPSA) is 86.8 Å². The first-order valence-electron chi connectivity index (χ1n) is 12.7. The van der Waals surface area contributed by atoms with E-state index in [2.05, 4.69) is 5.32 Å². The zero-order chi connectivity index (χ0) is 28.4. The van der Waals surface area contributed by atoms with Gasteiger partial charge in [0.2, 0.25) is 21.8 Å². The van der Waals surface area contributed by atoms with Crippen LogP contribution in [0.5, 0.6) is 0 Å². The molecule has 0 spiro atoms. The monoisotopic (exact) mass is 557 g/mol. The molecule has 1 unspecified atom stereocenters. The van der Waals surface area contributed by atoms with Gasteiger partial charge < -0.3 is 10.2 Å². The lowest BCUT2D eigenvalue weighted by Gasteiger charge is -2.32. The Morgan fingerprint density at radius 1 is 0.897 bits per heavy atom. The Balaban J connectivity index is 1.86. The summed E-state index contributed by atoms with van der Waals surface area (Å²) in [7, 11) is -3.82. The van der Waals surface area contributed by atoms with Gasteiger partial charge in [-0.05, 0) is 48.7 Å². The number of nitrogens with one attached hydrogen (secondary N) is 1. The van der Waals surface area contributed by atoms with Crippen molar-refractivity contribution in [1.82, 2.24) is 10.2 Å². The van der Waals surface area contributed by atoms with Crippen molar-refractivity contribution in [2.45, 2.75) is 38.8 Å². The van der Waals surface area contributed by atoms with E-state index in [-0.39, 0.29) is 49.9 Å². The molecule has 2 amide bonds. The largest absolute Gasteiger partial charge is 0.355 e. The smallest absolute Gasteiger partial charge is 0.243 e. The molecule has 0 aliphatic heterocycles. The molecule has 1 N–H and O–H groups in total. The van der Waals surface area contributed by atoms with Crippen LogP contribution in [0.1, 0.15) is 30.9 Å². The molecule has 1 atom stereocenters. The first-order valence-corrected chi connectivity index (χ1v) is 14.5. The van der Waals surface area contributed by atoms with Crippen LogP contribution in [0.2, 0.25) is 0 Å². The second-order valence-electron chi connectivity index (χ2n) is 9.14. The van der Waals surface area contributed by atoms with E-state index in [1.807, 2.05) is 30.3 Å². The molecular weight excluding hydrogens is 524 g/mol. The number of hydrogen-bond acceptors (Lipinski definition) is 4. The molecule has 7 nitrogen and oxygen atoms in total. The lowest BCUT2D eigenvalue weighted by molar-refractivity contribution is -0.141. The summed E-state index contributed by atoms with van der Waals surface area (Å²) in [6.45, 7) is 2.08. The van der Waals surface area contributed by atoms with Crippen LogP contribution in [0.4, 0.5) is 14.5 Å². The van der Waals surface area contributed by atoms with Gasteiger partial charge in [0.15, 0.2) is 0 Å². The van der Waals surface area contributed by atoms with Crippen molar-refractivity contribution in [3.8, 4) is 0 Å². The van der Waals surface area contributed by atoms with Crippen molar-refractivity contribution >= 4 is 27.5 Å². The van der Waals surface area contributed by atoms with Crippen LogP contribution in [0, 0.1) is 11.6 Å². The van der Waals surface area contributed by atoms with Crippen molar-refractivity contribution in [3.05, 3.63) is 102 Å². The van der Waals surface area contributed by atoms with Gasteiger partial charge in [0.05, 0.1) is 11.9 Å². The third kappa shape index (κ3) is 8.61. The summed E-state index contributed by atoms with van der Waals surface area (Å²) >= 11 is 0. The highest BCUT2D eigenvalue weighted by atomic mass is 32.2. The number of amides is 2. The van der Waals surface area contributed by atoms with Crippen LogP contribution in [-0.4, -0.2) is 50.5 Å². The van der Waals surface area contributed by atoms with Crippen LogP contribution in [-0.2, 0) is 32.6 Å². The number of para-hydroxylation sites is 1. The fourth-order valence-corrected chi connectivity index (χ4v) is 5.24. The molecule has 0 aliphatic rings. The third-order valence-corrected chi connectivity index (χ3v) is 7.34. The minimum atomic E-state index is -3.82. The predicted octanol–water partition coefficient (Wildman–Crippen LogP) is 4.29. The summed E-state index contributed by atoms with van der Waals surface area (Å²) < 4.78 is 53.7. The third-order valence-electron chi connectivity index (χ3n) is 6.16. The van der Waals surface area contributed by atoms with E-state index in [9.17, 15) is 26.8 Å². The number of hydrogen-bond donors (Lipinski definition) is 1. The molecule has 0 heterocycles. The Bertz CT molecular complexity index is 1350. The maximum atomic E-state index is 14.4. The number of carbonyl (C=O) groups excluding carboxylic acids is 2. The fourth-order valence-electron chi connectivity index (χ4n) is 4.27. The second-order valence-corrected chi connectivity index (χ2v) is 11.0. The highest BCUT2D eigenvalue weighted by Crippen LogP contribution is 2.23. The Morgan fingerprint density at radius 2 is 1.54 bits per heavy atom. The SMILES string of the molecule is CCNC(=O)C(Cc1ccccc1)N(Cc1ccc(F)cc1)C(=O)CCCN(c1ccccc1F)S(C)(=O)=O. The highest BCUT2D eigenvalue weighted by molar-refractivity contribution is 7.92. The van der Waals surface area contributed by atoms with Crippen LogP contribution in [0.3, 0.4) is 0 Å². The second kappa shape index (κ2) is 13.8. The molecular formula is C29H33F2N3O4S. The lowest BCUT2D eigenvalue weighted by atomic mass is 10.0. The lowest BCUT2D eigenvalue weighted by Crippen LogP contribution is -2.50. The van der Waals surface area contributed by atoms with Crippen molar-refractivity contribution in [2.75, 3.05) is 23.7 Å². The standard InChI is InChI=1S/C29H33F2N3O4S/c1-3-32-29(36)27(20-22-10-5-4-6-11-22)33(21-23-15-17-24(30)18-16-23)28(35)14-9-19-34(39(2,37)38)26-13-8-7-12-25(26)31/h4-8,10-13,15-18,27H,3,9,14,19-21H2,1-2H3,(H,32,36).